The van der Waals surface area contributed by atoms with Crippen LogP contribution >= 0.6 is 0 Å². The molecule has 0 radical (unpaired) electrons. The standard InChI is InChI=1S/C9H17F/c1-7-6-8(10)4-5-9(7,2)3/h7-8H,4-6H2,1-3H3/t7-,8+/m0/s1. The van der Waals surface area contributed by atoms with Crippen LogP contribution in [-0.4, -0.2) is 6.17 Å². The van der Waals surface area contributed by atoms with E-state index in [2.05, 4.69) is 20.8 Å². The molecule has 0 unspecified atom stereocenters. The molecule has 0 N–H and O–H groups in total. The predicted octanol–water partition coefficient (Wildman–Crippen LogP) is 3.17. The van der Waals surface area contributed by atoms with Gasteiger partial charge in [-0.25, -0.2) is 4.39 Å². The van der Waals surface area contributed by atoms with Gasteiger partial charge in [0.2, 0.25) is 0 Å². The number of hydrogen-bond acceptors (Lipinski definition) is 0. The minimum Gasteiger partial charge on any atom is -0.247 e. The van der Waals surface area contributed by atoms with E-state index in [4.69, 9.17) is 0 Å². The van der Waals surface area contributed by atoms with Crippen molar-refractivity contribution in [3.8, 4) is 0 Å². The summed E-state index contributed by atoms with van der Waals surface area (Å²) < 4.78 is 12.8. The predicted molar refractivity (Wildman–Crippen MR) is 41.7 cm³/mol. The Hall–Kier alpha value is -0.0700. The first-order valence-electron chi connectivity index (χ1n) is 4.16. The highest BCUT2D eigenvalue weighted by molar-refractivity contribution is 4.83. The van der Waals surface area contributed by atoms with Crippen molar-refractivity contribution >= 4 is 0 Å². The Morgan fingerprint density at radius 2 is 2.00 bits per heavy atom. The molecule has 0 aromatic rings. The zero-order chi connectivity index (χ0) is 7.78. The summed E-state index contributed by atoms with van der Waals surface area (Å²) in [4.78, 5) is 0. The maximum absolute atomic E-state index is 12.8. The van der Waals surface area contributed by atoms with Crippen molar-refractivity contribution in [1.29, 1.82) is 0 Å². The molecule has 0 aromatic carbocycles. The third-order valence-electron chi connectivity index (χ3n) is 3.05. The number of halogens is 1. The van der Waals surface area contributed by atoms with Gasteiger partial charge in [0.15, 0.2) is 0 Å². The topological polar surface area (TPSA) is 0 Å². The molecular weight excluding hydrogens is 127 g/mol. The molecule has 1 aliphatic rings. The summed E-state index contributed by atoms with van der Waals surface area (Å²) in [5.74, 6) is 0.552. The molecular formula is C9H17F. The Morgan fingerprint density at radius 3 is 2.40 bits per heavy atom. The Morgan fingerprint density at radius 1 is 1.40 bits per heavy atom. The normalized spacial score (nSPS) is 39.6. The molecule has 0 bridgehead atoms. The fourth-order valence-corrected chi connectivity index (χ4v) is 1.60. The summed E-state index contributed by atoms with van der Waals surface area (Å²) in [6.07, 6.45) is 2.07. The van der Waals surface area contributed by atoms with Gasteiger partial charge in [-0.3, -0.25) is 0 Å². The second-order valence-corrected chi connectivity index (χ2v) is 4.26. The summed E-state index contributed by atoms with van der Waals surface area (Å²) in [5.41, 5.74) is 0.378. The van der Waals surface area contributed by atoms with E-state index in [1.54, 1.807) is 0 Å². The molecule has 0 aromatic heterocycles. The fourth-order valence-electron chi connectivity index (χ4n) is 1.60. The molecule has 0 spiro atoms. The van der Waals surface area contributed by atoms with Gasteiger partial charge in [0, 0.05) is 0 Å². The lowest BCUT2D eigenvalue weighted by atomic mass is 9.69. The molecule has 2 atom stereocenters. The molecule has 1 aliphatic carbocycles. The van der Waals surface area contributed by atoms with E-state index in [1.807, 2.05) is 0 Å². The first-order chi connectivity index (χ1) is 4.52. The second kappa shape index (κ2) is 2.52. The van der Waals surface area contributed by atoms with Crippen LogP contribution in [0.2, 0.25) is 0 Å². The average Bonchev–Trinajstić information content (AvgIpc) is 1.81. The van der Waals surface area contributed by atoms with E-state index in [0.29, 0.717) is 11.3 Å². The van der Waals surface area contributed by atoms with E-state index in [-0.39, 0.29) is 0 Å². The molecule has 1 heteroatoms. The molecule has 0 saturated heterocycles. The van der Waals surface area contributed by atoms with E-state index in [1.165, 1.54) is 0 Å². The molecule has 0 aliphatic heterocycles. The van der Waals surface area contributed by atoms with Gasteiger partial charge in [0.25, 0.3) is 0 Å². The monoisotopic (exact) mass is 144 g/mol. The van der Waals surface area contributed by atoms with Gasteiger partial charge in [0.05, 0.1) is 0 Å². The molecule has 0 heterocycles. The highest BCUT2D eigenvalue weighted by Gasteiger charge is 2.33. The van der Waals surface area contributed by atoms with Gasteiger partial charge >= 0.3 is 0 Å². The highest BCUT2D eigenvalue weighted by atomic mass is 19.1. The maximum atomic E-state index is 12.8. The van der Waals surface area contributed by atoms with Crippen LogP contribution in [0.5, 0.6) is 0 Å². The Kier molecular flexibility index (Phi) is 2.02. The zero-order valence-electron chi connectivity index (χ0n) is 7.15. The van der Waals surface area contributed by atoms with Crippen LogP contribution in [0.4, 0.5) is 4.39 Å². The van der Waals surface area contributed by atoms with Crippen molar-refractivity contribution in [2.45, 2.75) is 46.2 Å². The van der Waals surface area contributed by atoms with Crippen LogP contribution in [0.25, 0.3) is 0 Å². The van der Waals surface area contributed by atoms with Crippen LogP contribution in [-0.2, 0) is 0 Å². The van der Waals surface area contributed by atoms with Crippen molar-refractivity contribution in [3.63, 3.8) is 0 Å². The Labute approximate surface area is 62.8 Å². The fraction of sp³-hybridized carbons (Fsp3) is 1.00. The summed E-state index contributed by atoms with van der Waals surface area (Å²) in [6.45, 7) is 6.64. The molecule has 1 rings (SSSR count). The first-order valence-corrected chi connectivity index (χ1v) is 4.16. The largest absolute Gasteiger partial charge is 0.247 e. The number of rotatable bonds is 0. The SMILES string of the molecule is C[C@H]1C[C@H](F)CCC1(C)C. The number of alkyl halides is 1. The molecule has 60 valence electrons. The van der Waals surface area contributed by atoms with Gasteiger partial charge < -0.3 is 0 Å². The molecule has 1 saturated carbocycles. The lowest BCUT2D eigenvalue weighted by molar-refractivity contribution is 0.0883. The quantitative estimate of drug-likeness (QED) is 0.490. The lowest BCUT2D eigenvalue weighted by Crippen LogP contribution is -2.30. The smallest absolute Gasteiger partial charge is 0.100 e. The van der Waals surface area contributed by atoms with Crippen molar-refractivity contribution in [1.82, 2.24) is 0 Å². The Bertz CT molecular complexity index is 118. The van der Waals surface area contributed by atoms with Gasteiger partial charge in [-0.05, 0) is 30.6 Å². The van der Waals surface area contributed by atoms with Gasteiger partial charge in [0.1, 0.15) is 6.17 Å². The van der Waals surface area contributed by atoms with E-state index < -0.39 is 6.17 Å². The van der Waals surface area contributed by atoms with Crippen molar-refractivity contribution in [2.75, 3.05) is 0 Å². The van der Waals surface area contributed by atoms with E-state index in [9.17, 15) is 4.39 Å². The minimum absolute atomic E-state index is 0.378. The van der Waals surface area contributed by atoms with Crippen LogP contribution in [0.1, 0.15) is 40.0 Å². The Balaban J connectivity index is 2.52. The lowest BCUT2D eigenvalue weighted by Gasteiger charge is -2.37. The van der Waals surface area contributed by atoms with Crippen molar-refractivity contribution in [2.24, 2.45) is 11.3 Å². The summed E-state index contributed by atoms with van der Waals surface area (Å²) in [7, 11) is 0. The third-order valence-corrected chi connectivity index (χ3v) is 3.05. The zero-order valence-corrected chi connectivity index (χ0v) is 7.15. The molecule has 0 nitrogen and oxygen atoms in total. The second-order valence-electron chi connectivity index (χ2n) is 4.26. The van der Waals surface area contributed by atoms with Crippen molar-refractivity contribution in [3.05, 3.63) is 0 Å². The van der Waals surface area contributed by atoms with Crippen LogP contribution < -0.4 is 0 Å². The van der Waals surface area contributed by atoms with Crippen LogP contribution in [0, 0.1) is 11.3 Å². The molecule has 10 heavy (non-hydrogen) atoms. The highest BCUT2D eigenvalue weighted by Crippen LogP contribution is 2.40. The van der Waals surface area contributed by atoms with E-state index in [0.717, 1.165) is 19.3 Å². The van der Waals surface area contributed by atoms with Gasteiger partial charge in [-0.1, -0.05) is 20.8 Å². The third kappa shape index (κ3) is 1.50. The molecule has 0 amide bonds. The maximum Gasteiger partial charge on any atom is 0.100 e. The van der Waals surface area contributed by atoms with Gasteiger partial charge in [-0.2, -0.15) is 0 Å². The summed E-state index contributed by atoms with van der Waals surface area (Å²) >= 11 is 0. The summed E-state index contributed by atoms with van der Waals surface area (Å²) in [6, 6.07) is 0. The number of hydrogen-bond donors (Lipinski definition) is 0. The first kappa shape index (κ1) is 8.03. The minimum atomic E-state index is -0.525. The average molecular weight is 144 g/mol. The van der Waals surface area contributed by atoms with Gasteiger partial charge in [-0.15, -0.1) is 0 Å². The van der Waals surface area contributed by atoms with Crippen molar-refractivity contribution < 1.29 is 4.39 Å². The van der Waals surface area contributed by atoms with Crippen LogP contribution in [0.15, 0.2) is 0 Å². The van der Waals surface area contributed by atoms with E-state index >= 15 is 0 Å². The summed E-state index contributed by atoms with van der Waals surface area (Å²) in [5, 5.41) is 0. The van der Waals surface area contributed by atoms with Crippen LogP contribution in [0.3, 0.4) is 0 Å². The molecule has 1 fully saturated rings.